The molecular formula is C13H19NO3. The van der Waals surface area contributed by atoms with E-state index in [9.17, 15) is 5.11 Å². The lowest BCUT2D eigenvalue weighted by Gasteiger charge is -2.25. The second-order valence-corrected chi connectivity index (χ2v) is 4.48. The summed E-state index contributed by atoms with van der Waals surface area (Å²) in [4.78, 5) is 0. The Bertz CT molecular complexity index is 411. The third-order valence-corrected chi connectivity index (χ3v) is 3.36. The maximum atomic E-state index is 10.6. The van der Waals surface area contributed by atoms with E-state index in [0.717, 1.165) is 24.1 Å². The fourth-order valence-corrected chi connectivity index (χ4v) is 2.39. The lowest BCUT2D eigenvalue weighted by atomic mass is 9.89. The molecule has 1 saturated heterocycles. The summed E-state index contributed by atoms with van der Waals surface area (Å²) >= 11 is 0. The summed E-state index contributed by atoms with van der Waals surface area (Å²) in [6.07, 6.45) is 0.726. The molecule has 1 unspecified atom stereocenters. The molecule has 0 radical (unpaired) electrons. The van der Waals surface area contributed by atoms with Crippen LogP contribution in [0.25, 0.3) is 0 Å². The van der Waals surface area contributed by atoms with Gasteiger partial charge in [0.25, 0.3) is 0 Å². The Labute approximate surface area is 102 Å². The van der Waals surface area contributed by atoms with E-state index in [0.29, 0.717) is 18.0 Å². The van der Waals surface area contributed by atoms with Gasteiger partial charge in [0, 0.05) is 6.54 Å². The van der Waals surface area contributed by atoms with Crippen molar-refractivity contribution in [2.75, 3.05) is 27.3 Å². The first-order valence-corrected chi connectivity index (χ1v) is 5.77. The molecule has 0 saturated carbocycles. The van der Waals surface area contributed by atoms with Crippen molar-refractivity contribution in [3.8, 4) is 11.5 Å². The summed E-state index contributed by atoms with van der Waals surface area (Å²) in [7, 11) is 3.22. The molecule has 1 aliphatic heterocycles. The molecule has 94 valence electrons. The number of aliphatic hydroxyl groups is 1. The third-order valence-electron chi connectivity index (χ3n) is 3.36. The Morgan fingerprint density at radius 3 is 2.41 bits per heavy atom. The van der Waals surface area contributed by atoms with Gasteiger partial charge in [-0.2, -0.15) is 0 Å². The number of hydrogen-bond acceptors (Lipinski definition) is 4. The van der Waals surface area contributed by atoms with Crippen molar-refractivity contribution in [1.82, 2.24) is 5.32 Å². The molecule has 4 nitrogen and oxygen atoms in total. The van der Waals surface area contributed by atoms with Crippen LogP contribution in [0.15, 0.2) is 12.1 Å². The van der Waals surface area contributed by atoms with Crippen LogP contribution in [0.2, 0.25) is 0 Å². The molecule has 0 spiro atoms. The van der Waals surface area contributed by atoms with Crippen molar-refractivity contribution in [1.29, 1.82) is 0 Å². The molecule has 1 fully saturated rings. The highest BCUT2D eigenvalue weighted by Crippen LogP contribution is 2.37. The van der Waals surface area contributed by atoms with Crippen molar-refractivity contribution < 1.29 is 14.6 Å². The SMILES string of the molecule is COc1cc(C)c(C2(O)CCNC2)cc1OC. The van der Waals surface area contributed by atoms with Gasteiger partial charge in [-0.1, -0.05) is 0 Å². The Hall–Kier alpha value is -1.26. The molecule has 0 aliphatic carbocycles. The maximum Gasteiger partial charge on any atom is 0.161 e. The van der Waals surface area contributed by atoms with Crippen molar-refractivity contribution in [2.45, 2.75) is 18.9 Å². The Morgan fingerprint density at radius 1 is 1.24 bits per heavy atom. The molecule has 1 aromatic carbocycles. The van der Waals surface area contributed by atoms with Crippen LogP contribution in [-0.2, 0) is 5.60 Å². The van der Waals surface area contributed by atoms with Crippen LogP contribution in [0.3, 0.4) is 0 Å². The minimum absolute atomic E-state index is 0.587. The predicted molar refractivity (Wildman–Crippen MR) is 65.7 cm³/mol. The molecule has 2 rings (SSSR count). The van der Waals surface area contributed by atoms with Gasteiger partial charge in [-0.05, 0) is 43.1 Å². The van der Waals surface area contributed by atoms with Crippen molar-refractivity contribution in [2.24, 2.45) is 0 Å². The van der Waals surface area contributed by atoms with Gasteiger partial charge in [-0.15, -0.1) is 0 Å². The molecule has 0 amide bonds. The summed E-state index contributed by atoms with van der Waals surface area (Å²) < 4.78 is 10.5. The van der Waals surface area contributed by atoms with Crippen molar-refractivity contribution in [3.05, 3.63) is 23.3 Å². The van der Waals surface area contributed by atoms with Gasteiger partial charge < -0.3 is 19.9 Å². The van der Waals surface area contributed by atoms with Gasteiger partial charge in [-0.25, -0.2) is 0 Å². The third kappa shape index (κ3) is 2.10. The Balaban J connectivity index is 2.47. The van der Waals surface area contributed by atoms with E-state index in [-0.39, 0.29) is 0 Å². The number of hydrogen-bond donors (Lipinski definition) is 2. The van der Waals surface area contributed by atoms with E-state index in [2.05, 4.69) is 5.32 Å². The van der Waals surface area contributed by atoms with Crippen LogP contribution in [0.4, 0.5) is 0 Å². The van der Waals surface area contributed by atoms with E-state index in [1.165, 1.54) is 0 Å². The number of nitrogens with one attached hydrogen (secondary N) is 1. The van der Waals surface area contributed by atoms with Gasteiger partial charge in [0.05, 0.1) is 14.2 Å². The number of aryl methyl sites for hydroxylation is 1. The number of rotatable bonds is 3. The van der Waals surface area contributed by atoms with E-state index in [1.54, 1.807) is 14.2 Å². The minimum Gasteiger partial charge on any atom is -0.493 e. The van der Waals surface area contributed by atoms with Crippen LogP contribution in [0, 0.1) is 6.92 Å². The van der Waals surface area contributed by atoms with Crippen LogP contribution in [0.1, 0.15) is 17.5 Å². The molecular weight excluding hydrogens is 218 g/mol. The lowest BCUT2D eigenvalue weighted by Crippen LogP contribution is -2.29. The zero-order chi connectivity index (χ0) is 12.5. The van der Waals surface area contributed by atoms with Crippen molar-refractivity contribution in [3.63, 3.8) is 0 Å². The Kier molecular flexibility index (Phi) is 3.26. The molecule has 17 heavy (non-hydrogen) atoms. The minimum atomic E-state index is -0.788. The molecule has 1 heterocycles. The summed E-state index contributed by atoms with van der Waals surface area (Å²) in [6.45, 7) is 3.40. The zero-order valence-electron chi connectivity index (χ0n) is 10.5. The number of methoxy groups -OCH3 is 2. The van der Waals surface area contributed by atoms with E-state index in [4.69, 9.17) is 9.47 Å². The van der Waals surface area contributed by atoms with Crippen LogP contribution in [0.5, 0.6) is 11.5 Å². The van der Waals surface area contributed by atoms with Gasteiger partial charge in [0.1, 0.15) is 5.60 Å². The van der Waals surface area contributed by atoms with Crippen molar-refractivity contribution >= 4 is 0 Å². The Morgan fingerprint density at radius 2 is 1.88 bits per heavy atom. The number of benzene rings is 1. The molecule has 0 aromatic heterocycles. The number of β-amino-alcohol motifs (C(OH)–C–C–N with tert-alkyl or cyclic N) is 1. The fourth-order valence-electron chi connectivity index (χ4n) is 2.39. The standard InChI is InChI=1S/C13H19NO3/c1-9-6-11(16-2)12(17-3)7-10(9)13(15)4-5-14-8-13/h6-7,14-15H,4-5,8H2,1-3H3. The summed E-state index contributed by atoms with van der Waals surface area (Å²) in [6, 6.07) is 3.78. The molecule has 4 heteroatoms. The maximum absolute atomic E-state index is 10.6. The fraction of sp³-hybridized carbons (Fsp3) is 0.538. The highest BCUT2D eigenvalue weighted by atomic mass is 16.5. The van der Waals surface area contributed by atoms with E-state index >= 15 is 0 Å². The summed E-state index contributed by atoms with van der Waals surface area (Å²) in [5.74, 6) is 1.36. The second-order valence-electron chi connectivity index (χ2n) is 4.48. The van der Waals surface area contributed by atoms with Gasteiger partial charge >= 0.3 is 0 Å². The zero-order valence-corrected chi connectivity index (χ0v) is 10.5. The molecule has 1 aromatic rings. The first kappa shape index (κ1) is 12.2. The smallest absolute Gasteiger partial charge is 0.161 e. The quantitative estimate of drug-likeness (QED) is 0.829. The normalized spacial score (nSPS) is 23.8. The highest BCUT2D eigenvalue weighted by Gasteiger charge is 2.35. The summed E-state index contributed by atoms with van der Waals surface area (Å²) in [5, 5.41) is 13.8. The topological polar surface area (TPSA) is 50.7 Å². The summed E-state index contributed by atoms with van der Waals surface area (Å²) in [5.41, 5.74) is 1.15. The van der Waals surface area contributed by atoms with E-state index in [1.807, 2.05) is 19.1 Å². The van der Waals surface area contributed by atoms with Crippen LogP contribution in [-0.4, -0.2) is 32.4 Å². The van der Waals surface area contributed by atoms with Gasteiger partial charge in [0.2, 0.25) is 0 Å². The molecule has 2 N–H and O–H groups in total. The van der Waals surface area contributed by atoms with Gasteiger partial charge in [0.15, 0.2) is 11.5 Å². The highest BCUT2D eigenvalue weighted by molar-refractivity contribution is 5.49. The number of ether oxygens (including phenoxy) is 2. The largest absolute Gasteiger partial charge is 0.493 e. The average molecular weight is 237 g/mol. The van der Waals surface area contributed by atoms with Gasteiger partial charge in [-0.3, -0.25) is 0 Å². The predicted octanol–water partition coefficient (Wildman–Crippen LogP) is 1.19. The molecule has 1 atom stereocenters. The average Bonchev–Trinajstić information content (AvgIpc) is 2.76. The van der Waals surface area contributed by atoms with Crippen LogP contribution >= 0.6 is 0 Å². The monoisotopic (exact) mass is 237 g/mol. The van der Waals surface area contributed by atoms with Crippen LogP contribution < -0.4 is 14.8 Å². The van der Waals surface area contributed by atoms with E-state index < -0.39 is 5.60 Å². The molecule has 0 bridgehead atoms. The second kappa shape index (κ2) is 4.55. The molecule has 1 aliphatic rings. The first-order chi connectivity index (χ1) is 8.10. The lowest BCUT2D eigenvalue weighted by molar-refractivity contribution is 0.0578. The first-order valence-electron chi connectivity index (χ1n) is 5.77.